The lowest BCUT2D eigenvalue weighted by Crippen LogP contribution is -2.40. The van der Waals surface area contributed by atoms with Gasteiger partial charge in [-0.1, -0.05) is 23.7 Å². The molecule has 1 amide bonds. The molecule has 0 radical (unpaired) electrons. The molecule has 2 rings (SSSR count). The average Bonchev–Trinajstić information content (AvgIpc) is 2.57. The van der Waals surface area contributed by atoms with Crippen molar-refractivity contribution in [1.82, 2.24) is 5.32 Å². The van der Waals surface area contributed by atoms with E-state index >= 15 is 0 Å². The minimum absolute atomic E-state index is 0.0516. The molecular weight excluding hydrogens is 400 g/mol. The number of nitrogens with one attached hydrogen (secondary N) is 1. The number of rotatable bonds is 8. The van der Waals surface area contributed by atoms with Gasteiger partial charge in [0.2, 0.25) is 15.9 Å². The van der Waals surface area contributed by atoms with Gasteiger partial charge in [-0.15, -0.1) is 0 Å². The van der Waals surface area contributed by atoms with Gasteiger partial charge in [0.05, 0.1) is 18.0 Å². The van der Waals surface area contributed by atoms with Crippen molar-refractivity contribution < 1.29 is 17.9 Å². The van der Waals surface area contributed by atoms with Gasteiger partial charge in [-0.25, -0.2) is 8.42 Å². The third-order valence-electron chi connectivity index (χ3n) is 3.87. The lowest BCUT2D eigenvalue weighted by atomic mass is 10.2. The second-order valence-corrected chi connectivity index (χ2v) is 9.13. The number of halogens is 1. The number of amides is 1. The fourth-order valence-electron chi connectivity index (χ4n) is 2.67. The van der Waals surface area contributed by atoms with E-state index in [1.807, 2.05) is 38.1 Å². The summed E-state index contributed by atoms with van der Waals surface area (Å²) >= 11 is 5.95. The molecule has 0 aliphatic rings. The molecule has 0 spiro atoms. The number of nitrogens with zero attached hydrogens (tertiary/aromatic N) is 1. The van der Waals surface area contributed by atoms with Gasteiger partial charge < -0.3 is 10.1 Å². The summed E-state index contributed by atoms with van der Waals surface area (Å²) in [6.45, 7) is 5.58. The van der Waals surface area contributed by atoms with E-state index in [1.54, 1.807) is 25.1 Å². The first kappa shape index (κ1) is 22.0. The molecule has 6 nitrogen and oxygen atoms in total. The van der Waals surface area contributed by atoms with E-state index in [1.165, 1.54) is 0 Å². The number of carbonyl (C=O) groups is 1. The third-order valence-corrected chi connectivity index (χ3v) is 5.24. The minimum Gasteiger partial charge on any atom is -0.491 e. The highest BCUT2D eigenvalue weighted by Gasteiger charge is 2.22. The zero-order chi connectivity index (χ0) is 20.9. The second kappa shape index (κ2) is 9.30. The Morgan fingerprint density at radius 3 is 2.54 bits per heavy atom. The van der Waals surface area contributed by atoms with Crippen molar-refractivity contribution in [2.45, 2.75) is 33.4 Å². The Kier molecular flexibility index (Phi) is 7.32. The molecular formula is C20H25ClN2O4S. The molecule has 0 heterocycles. The van der Waals surface area contributed by atoms with Gasteiger partial charge >= 0.3 is 0 Å². The third kappa shape index (κ3) is 6.42. The molecule has 0 saturated heterocycles. The summed E-state index contributed by atoms with van der Waals surface area (Å²) in [7, 11) is -3.64. The average molecular weight is 425 g/mol. The summed E-state index contributed by atoms with van der Waals surface area (Å²) in [4.78, 5) is 12.4. The topological polar surface area (TPSA) is 75.7 Å². The number of hydrogen-bond acceptors (Lipinski definition) is 4. The minimum atomic E-state index is -3.64. The molecule has 0 unspecified atom stereocenters. The molecule has 0 saturated carbocycles. The summed E-state index contributed by atoms with van der Waals surface area (Å²) in [5.41, 5.74) is 1.96. The first-order chi connectivity index (χ1) is 13.1. The first-order valence-electron chi connectivity index (χ1n) is 8.82. The molecule has 0 fully saturated rings. The molecule has 28 heavy (non-hydrogen) atoms. The molecule has 152 valence electrons. The molecule has 0 aromatic heterocycles. The molecule has 1 N–H and O–H groups in total. The van der Waals surface area contributed by atoms with Crippen LogP contribution in [-0.4, -0.2) is 33.2 Å². The highest BCUT2D eigenvalue weighted by Crippen LogP contribution is 2.25. The van der Waals surface area contributed by atoms with E-state index in [2.05, 4.69) is 5.32 Å². The van der Waals surface area contributed by atoms with Crippen LogP contribution in [0.1, 0.15) is 25.0 Å². The predicted molar refractivity (Wildman–Crippen MR) is 112 cm³/mol. The van der Waals surface area contributed by atoms with Crippen LogP contribution in [0.5, 0.6) is 5.75 Å². The van der Waals surface area contributed by atoms with Crippen LogP contribution in [0, 0.1) is 6.92 Å². The lowest BCUT2D eigenvalue weighted by molar-refractivity contribution is -0.119. The Morgan fingerprint density at radius 2 is 1.93 bits per heavy atom. The number of benzene rings is 2. The van der Waals surface area contributed by atoms with Crippen LogP contribution in [0.4, 0.5) is 5.69 Å². The quantitative estimate of drug-likeness (QED) is 0.703. The maximum atomic E-state index is 12.4. The summed E-state index contributed by atoms with van der Waals surface area (Å²) in [6.07, 6.45) is 1.12. The molecule has 0 atom stereocenters. The fraction of sp³-hybridized carbons (Fsp3) is 0.350. The van der Waals surface area contributed by atoms with E-state index in [0.717, 1.165) is 21.9 Å². The van der Waals surface area contributed by atoms with Crippen LogP contribution in [0.15, 0.2) is 42.5 Å². The predicted octanol–water partition coefficient (Wildman–Crippen LogP) is 3.52. The number of carbonyl (C=O) groups excluding carboxylic acids is 1. The molecule has 2 aromatic carbocycles. The monoisotopic (exact) mass is 424 g/mol. The van der Waals surface area contributed by atoms with Crippen LogP contribution >= 0.6 is 11.6 Å². The molecule has 0 aliphatic heterocycles. The van der Waals surface area contributed by atoms with Crippen molar-refractivity contribution in [1.29, 1.82) is 0 Å². The van der Waals surface area contributed by atoms with Crippen molar-refractivity contribution >= 4 is 33.2 Å². The van der Waals surface area contributed by atoms with Crippen molar-refractivity contribution in [2.24, 2.45) is 0 Å². The van der Waals surface area contributed by atoms with Crippen molar-refractivity contribution in [3.05, 3.63) is 58.6 Å². The zero-order valence-corrected chi connectivity index (χ0v) is 18.0. The number of aryl methyl sites for hydroxylation is 1. The van der Waals surface area contributed by atoms with E-state index in [9.17, 15) is 13.2 Å². The Balaban J connectivity index is 2.09. The summed E-state index contributed by atoms with van der Waals surface area (Å²) < 4.78 is 31.2. The SMILES string of the molecule is Cc1cc(Cl)ccc1N(CC(=O)NCc1cccc(OC(C)C)c1)S(C)(=O)=O. The van der Waals surface area contributed by atoms with E-state index in [0.29, 0.717) is 16.3 Å². The van der Waals surface area contributed by atoms with E-state index in [-0.39, 0.29) is 19.2 Å². The van der Waals surface area contributed by atoms with Gasteiger partial charge in [0.25, 0.3) is 0 Å². The smallest absolute Gasteiger partial charge is 0.241 e. The van der Waals surface area contributed by atoms with Crippen molar-refractivity contribution in [3.63, 3.8) is 0 Å². The molecule has 0 bridgehead atoms. The summed E-state index contributed by atoms with van der Waals surface area (Å²) in [5.74, 6) is 0.311. The standard InChI is InChI=1S/C20H25ClN2O4S/c1-14(2)27-18-7-5-6-16(11-18)12-22-20(24)13-23(28(4,25)26)19-9-8-17(21)10-15(19)3/h5-11,14H,12-13H2,1-4H3,(H,22,24). The van der Waals surface area contributed by atoms with Crippen LogP contribution in [0.2, 0.25) is 5.02 Å². The first-order valence-corrected chi connectivity index (χ1v) is 11.0. The maximum absolute atomic E-state index is 12.4. The van der Waals surface area contributed by atoms with Crippen LogP contribution in [0.25, 0.3) is 0 Å². The number of ether oxygens (including phenoxy) is 1. The molecule has 2 aromatic rings. The molecule has 8 heteroatoms. The van der Waals surface area contributed by atoms with Gasteiger partial charge in [-0.3, -0.25) is 9.10 Å². The van der Waals surface area contributed by atoms with E-state index in [4.69, 9.17) is 16.3 Å². The number of hydrogen-bond donors (Lipinski definition) is 1. The highest BCUT2D eigenvalue weighted by atomic mass is 35.5. The molecule has 0 aliphatic carbocycles. The lowest BCUT2D eigenvalue weighted by Gasteiger charge is -2.23. The largest absolute Gasteiger partial charge is 0.491 e. The summed E-state index contributed by atoms with van der Waals surface area (Å²) in [5, 5.41) is 3.26. The Bertz CT molecular complexity index is 945. The maximum Gasteiger partial charge on any atom is 0.241 e. The number of sulfonamides is 1. The van der Waals surface area contributed by atoms with E-state index < -0.39 is 15.9 Å². The normalized spacial score (nSPS) is 11.4. The second-order valence-electron chi connectivity index (χ2n) is 6.79. The number of anilines is 1. The highest BCUT2D eigenvalue weighted by molar-refractivity contribution is 7.92. The Labute approximate surface area is 171 Å². The van der Waals surface area contributed by atoms with Gasteiger partial charge in [0, 0.05) is 11.6 Å². The van der Waals surface area contributed by atoms with Crippen molar-refractivity contribution in [3.8, 4) is 5.75 Å². The zero-order valence-electron chi connectivity index (χ0n) is 16.4. The van der Waals surface area contributed by atoms with Crippen LogP contribution in [0.3, 0.4) is 0 Å². The van der Waals surface area contributed by atoms with Gasteiger partial charge in [0.1, 0.15) is 12.3 Å². The van der Waals surface area contributed by atoms with Crippen LogP contribution in [-0.2, 0) is 21.4 Å². The van der Waals surface area contributed by atoms with Crippen LogP contribution < -0.4 is 14.4 Å². The van der Waals surface area contributed by atoms with Gasteiger partial charge in [-0.2, -0.15) is 0 Å². The Hall–Kier alpha value is -2.25. The van der Waals surface area contributed by atoms with Gasteiger partial charge in [0.15, 0.2) is 0 Å². The Morgan fingerprint density at radius 1 is 1.21 bits per heavy atom. The van der Waals surface area contributed by atoms with Gasteiger partial charge in [-0.05, 0) is 62.2 Å². The van der Waals surface area contributed by atoms with Crippen molar-refractivity contribution in [2.75, 3.05) is 17.1 Å². The summed E-state index contributed by atoms with van der Waals surface area (Å²) in [6, 6.07) is 12.3. The fourth-order valence-corrected chi connectivity index (χ4v) is 3.81.